The van der Waals surface area contributed by atoms with Crippen molar-refractivity contribution < 1.29 is 4.39 Å². The van der Waals surface area contributed by atoms with E-state index in [-0.39, 0.29) is 11.9 Å². The molecule has 0 amide bonds. The van der Waals surface area contributed by atoms with Crippen LogP contribution >= 0.6 is 11.8 Å². The number of rotatable bonds is 4. The van der Waals surface area contributed by atoms with Gasteiger partial charge in [-0.1, -0.05) is 6.07 Å². The Morgan fingerprint density at radius 3 is 2.33 bits per heavy atom. The van der Waals surface area contributed by atoms with Gasteiger partial charge in [0.25, 0.3) is 0 Å². The standard InChI is InChI=1S/C16H20FN3S/c1-9(18)7-13-5-6-15(14(17)8-13)21-16-19-11(3)10(2)12(4)20-16/h5-6,8-9H,7,18H2,1-4H3. The van der Waals surface area contributed by atoms with Gasteiger partial charge in [-0.05, 0) is 69.1 Å². The molecule has 0 spiro atoms. The van der Waals surface area contributed by atoms with Crippen LogP contribution in [0.1, 0.15) is 29.4 Å². The summed E-state index contributed by atoms with van der Waals surface area (Å²) in [6.07, 6.45) is 0.668. The van der Waals surface area contributed by atoms with Crippen LogP contribution in [0.5, 0.6) is 0 Å². The third-order valence-corrected chi connectivity index (χ3v) is 4.28. The molecule has 0 radical (unpaired) electrons. The molecule has 3 nitrogen and oxygen atoms in total. The number of hydrogen-bond acceptors (Lipinski definition) is 4. The minimum atomic E-state index is -0.252. The molecule has 1 aromatic heterocycles. The Morgan fingerprint density at radius 1 is 1.19 bits per heavy atom. The fraction of sp³-hybridized carbons (Fsp3) is 0.375. The van der Waals surface area contributed by atoms with Gasteiger partial charge in [-0.25, -0.2) is 14.4 Å². The molecule has 0 saturated carbocycles. The number of benzene rings is 1. The van der Waals surface area contributed by atoms with Gasteiger partial charge in [-0.15, -0.1) is 0 Å². The lowest BCUT2D eigenvalue weighted by Crippen LogP contribution is -2.17. The van der Waals surface area contributed by atoms with Crippen molar-refractivity contribution in [2.45, 2.75) is 50.2 Å². The van der Waals surface area contributed by atoms with Crippen molar-refractivity contribution in [3.8, 4) is 0 Å². The summed E-state index contributed by atoms with van der Waals surface area (Å²) in [5.74, 6) is -0.252. The van der Waals surface area contributed by atoms with Crippen LogP contribution in [0.3, 0.4) is 0 Å². The van der Waals surface area contributed by atoms with Crippen LogP contribution in [0.15, 0.2) is 28.3 Å². The van der Waals surface area contributed by atoms with Crippen molar-refractivity contribution in [2.75, 3.05) is 0 Å². The fourth-order valence-corrected chi connectivity index (χ4v) is 2.87. The quantitative estimate of drug-likeness (QED) is 0.877. The first kappa shape index (κ1) is 15.9. The number of nitrogens with zero attached hydrogens (tertiary/aromatic N) is 2. The lowest BCUT2D eigenvalue weighted by molar-refractivity contribution is 0.597. The second-order valence-electron chi connectivity index (χ2n) is 5.35. The van der Waals surface area contributed by atoms with Crippen LogP contribution in [-0.2, 0) is 6.42 Å². The molecule has 21 heavy (non-hydrogen) atoms. The van der Waals surface area contributed by atoms with E-state index in [1.54, 1.807) is 12.1 Å². The van der Waals surface area contributed by atoms with E-state index in [0.29, 0.717) is 16.5 Å². The van der Waals surface area contributed by atoms with Crippen LogP contribution in [-0.4, -0.2) is 16.0 Å². The SMILES string of the molecule is Cc1nc(Sc2ccc(CC(C)N)cc2F)nc(C)c1C. The van der Waals surface area contributed by atoms with E-state index in [2.05, 4.69) is 9.97 Å². The first-order valence-corrected chi connectivity index (χ1v) is 7.72. The molecule has 0 saturated heterocycles. The Labute approximate surface area is 129 Å². The maximum atomic E-state index is 14.1. The van der Waals surface area contributed by atoms with Gasteiger partial charge in [-0.3, -0.25) is 0 Å². The summed E-state index contributed by atoms with van der Waals surface area (Å²) in [6.45, 7) is 7.78. The van der Waals surface area contributed by atoms with Crippen molar-refractivity contribution in [3.63, 3.8) is 0 Å². The highest BCUT2D eigenvalue weighted by Crippen LogP contribution is 2.29. The molecule has 1 aromatic carbocycles. The molecule has 1 unspecified atom stereocenters. The van der Waals surface area contributed by atoms with E-state index < -0.39 is 0 Å². The zero-order valence-corrected chi connectivity index (χ0v) is 13.6. The Bertz CT molecular complexity index is 633. The summed E-state index contributed by atoms with van der Waals surface area (Å²) in [5, 5.41) is 0.578. The topological polar surface area (TPSA) is 51.8 Å². The monoisotopic (exact) mass is 305 g/mol. The minimum absolute atomic E-state index is 0.0219. The molecule has 0 aliphatic rings. The Balaban J connectivity index is 2.24. The maximum absolute atomic E-state index is 14.1. The third kappa shape index (κ3) is 4.02. The molecule has 5 heteroatoms. The summed E-state index contributed by atoms with van der Waals surface area (Å²) < 4.78 is 14.1. The van der Waals surface area contributed by atoms with E-state index in [9.17, 15) is 4.39 Å². The molecule has 1 atom stereocenters. The van der Waals surface area contributed by atoms with E-state index in [1.165, 1.54) is 11.8 Å². The highest BCUT2D eigenvalue weighted by Gasteiger charge is 2.10. The van der Waals surface area contributed by atoms with Gasteiger partial charge in [0.2, 0.25) is 0 Å². The average molecular weight is 305 g/mol. The minimum Gasteiger partial charge on any atom is -0.328 e. The summed E-state index contributed by atoms with van der Waals surface area (Å²) in [7, 11) is 0. The third-order valence-electron chi connectivity index (χ3n) is 3.37. The molecular formula is C16H20FN3S. The molecule has 0 bridgehead atoms. The van der Waals surface area contributed by atoms with E-state index in [1.807, 2.05) is 33.8 Å². The van der Waals surface area contributed by atoms with Crippen molar-refractivity contribution in [1.82, 2.24) is 9.97 Å². The van der Waals surface area contributed by atoms with Crippen molar-refractivity contribution >= 4 is 11.8 Å². The molecule has 0 aliphatic carbocycles. The first-order valence-electron chi connectivity index (χ1n) is 6.90. The van der Waals surface area contributed by atoms with E-state index >= 15 is 0 Å². The summed E-state index contributed by atoms with van der Waals surface area (Å²) >= 11 is 1.25. The second-order valence-corrected chi connectivity index (χ2v) is 6.36. The average Bonchev–Trinajstić information content (AvgIpc) is 2.38. The molecular weight excluding hydrogens is 285 g/mol. The zero-order valence-electron chi connectivity index (χ0n) is 12.8. The van der Waals surface area contributed by atoms with Crippen molar-refractivity contribution in [2.24, 2.45) is 5.73 Å². The van der Waals surface area contributed by atoms with Gasteiger partial charge in [0, 0.05) is 17.4 Å². The number of halogens is 1. The molecule has 2 rings (SSSR count). The predicted molar refractivity (Wildman–Crippen MR) is 84.1 cm³/mol. The molecule has 1 heterocycles. The number of aryl methyl sites for hydroxylation is 2. The second kappa shape index (κ2) is 6.54. The van der Waals surface area contributed by atoms with Gasteiger partial charge in [0.15, 0.2) is 5.16 Å². The highest BCUT2D eigenvalue weighted by atomic mass is 32.2. The van der Waals surface area contributed by atoms with Gasteiger partial charge < -0.3 is 5.73 Å². The van der Waals surface area contributed by atoms with Crippen LogP contribution in [0, 0.1) is 26.6 Å². The Hall–Kier alpha value is -1.46. The summed E-state index contributed by atoms with van der Waals surface area (Å²) in [6, 6.07) is 5.24. The van der Waals surface area contributed by atoms with E-state index in [0.717, 1.165) is 22.5 Å². The van der Waals surface area contributed by atoms with Crippen molar-refractivity contribution in [1.29, 1.82) is 0 Å². The first-order chi connectivity index (χ1) is 9.86. The molecule has 0 aliphatic heterocycles. The van der Waals surface area contributed by atoms with Crippen molar-refractivity contribution in [3.05, 3.63) is 46.5 Å². The Kier molecular flexibility index (Phi) is 4.96. The number of aromatic nitrogens is 2. The summed E-state index contributed by atoms with van der Waals surface area (Å²) in [5.41, 5.74) is 9.58. The smallest absolute Gasteiger partial charge is 0.192 e. The molecule has 2 N–H and O–H groups in total. The predicted octanol–water partition coefficient (Wildman–Crippen LogP) is 3.58. The van der Waals surface area contributed by atoms with E-state index in [4.69, 9.17) is 5.73 Å². The van der Waals surface area contributed by atoms with Gasteiger partial charge in [0.05, 0.1) is 4.90 Å². The fourth-order valence-electron chi connectivity index (χ4n) is 2.01. The molecule has 112 valence electrons. The lowest BCUT2D eigenvalue weighted by Gasteiger charge is -2.09. The van der Waals surface area contributed by atoms with Gasteiger partial charge in [0.1, 0.15) is 5.82 Å². The van der Waals surface area contributed by atoms with Crippen LogP contribution in [0.2, 0.25) is 0 Å². The Morgan fingerprint density at radius 2 is 1.81 bits per heavy atom. The molecule has 0 fully saturated rings. The van der Waals surface area contributed by atoms with Crippen LogP contribution in [0.25, 0.3) is 0 Å². The summed E-state index contributed by atoms with van der Waals surface area (Å²) in [4.78, 5) is 9.35. The van der Waals surface area contributed by atoms with Gasteiger partial charge in [-0.2, -0.15) is 0 Å². The lowest BCUT2D eigenvalue weighted by atomic mass is 10.1. The maximum Gasteiger partial charge on any atom is 0.192 e. The van der Waals surface area contributed by atoms with Gasteiger partial charge >= 0.3 is 0 Å². The zero-order chi connectivity index (χ0) is 15.6. The largest absolute Gasteiger partial charge is 0.328 e. The normalized spacial score (nSPS) is 12.5. The number of hydrogen-bond donors (Lipinski definition) is 1. The van der Waals surface area contributed by atoms with Crippen LogP contribution < -0.4 is 5.73 Å². The molecule has 2 aromatic rings. The highest BCUT2D eigenvalue weighted by molar-refractivity contribution is 7.99. The number of nitrogens with two attached hydrogens (primary N) is 1. The van der Waals surface area contributed by atoms with Crippen LogP contribution in [0.4, 0.5) is 4.39 Å².